The van der Waals surface area contributed by atoms with Gasteiger partial charge in [-0.15, -0.1) is 0 Å². The molecule has 1 N–H and O–H groups in total. The highest BCUT2D eigenvalue weighted by molar-refractivity contribution is 5.94. The van der Waals surface area contributed by atoms with Crippen molar-refractivity contribution in [1.82, 2.24) is 0 Å². The number of carbonyl (C=O) groups excluding carboxylic acids is 2. The van der Waals surface area contributed by atoms with Crippen LogP contribution in [0.4, 0.5) is 10.5 Å². The molecule has 0 aliphatic rings. The van der Waals surface area contributed by atoms with E-state index in [2.05, 4.69) is 17.2 Å². The SMILES string of the molecule is [CH2]OC(=O)Nc1ccc(C(C)=O)cc1. The molecular weight excluding hydrogens is 182 g/mol. The largest absolute Gasteiger partial charge is 0.446 e. The van der Waals surface area contributed by atoms with Crippen LogP contribution in [0.25, 0.3) is 0 Å². The van der Waals surface area contributed by atoms with Crippen molar-refractivity contribution in [3.63, 3.8) is 0 Å². The third kappa shape index (κ3) is 2.58. The molecule has 4 nitrogen and oxygen atoms in total. The van der Waals surface area contributed by atoms with E-state index < -0.39 is 6.09 Å². The van der Waals surface area contributed by atoms with E-state index in [0.717, 1.165) is 0 Å². The van der Waals surface area contributed by atoms with Crippen LogP contribution in [-0.4, -0.2) is 11.9 Å². The Morgan fingerprint density at radius 2 is 1.86 bits per heavy atom. The van der Waals surface area contributed by atoms with Crippen LogP contribution in [0, 0.1) is 7.11 Å². The lowest BCUT2D eigenvalue weighted by Gasteiger charge is -2.03. The molecule has 0 atom stereocenters. The molecule has 1 aromatic carbocycles. The molecule has 0 fully saturated rings. The van der Waals surface area contributed by atoms with E-state index in [1.807, 2.05) is 0 Å². The average molecular weight is 192 g/mol. The molecule has 0 bridgehead atoms. The first kappa shape index (κ1) is 10.2. The fourth-order valence-electron chi connectivity index (χ4n) is 0.942. The smallest absolute Gasteiger partial charge is 0.411 e. The van der Waals surface area contributed by atoms with Gasteiger partial charge in [-0.05, 0) is 31.2 Å². The van der Waals surface area contributed by atoms with Gasteiger partial charge in [0.15, 0.2) is 5.78 Å². The molecule has 0 unspecified atom stereocenters. The van der Waals surface area contributed by atoms with Crippen LogP contribution >= 0.6 is 0 Å². The van der Waals surface area contributed by atoms with Crippen LogP contribution in [0.5, 0.6) is 0 Å². The quantitative estimate of drug-likeness (QED) is 0.731. The molecule has 4 heteroatoms. The Balaban J connectivity index is 2.73. The van der Waals surface area contributed by atoms with Gasteiger partial charge in [-0.3, -0.25) is 10.1 Å². The number of carbonyl (C=O) groups is 2. The summed E-state index contributed by atoms with van der Waals surface area (Å²) in [5.41, 5.74) is 1.15. The van der Waals surface area contributed by atoms with Crippen molar-refractivity contribution >= 4 is 17.6 Å². The number of anilines is 1. The van der Waals surface area contributed by atoms with Gasteiger partial charge in [0.25, 0.3) is 0 Å². The standard InChI is InChI=1S/C10H10NO3/c1-7(12)8-3-5-9(6-4-8)11-10(13)14-2/h3-6H,2H2,1H3,(H,11,13). The van der Waals surface area contributed by atoms with Gasteiger partial charge in [0, 0.05) is 11.3 Å². The molecule has 73 valence electrons. The third-order valence-corrected chi connectivity index (χ3v) is 1.67. The van der Waals surface area contributed by atoms with Crippen molar-refractivity contribution in [3.05, 3.63) is 36.9 Å². The number of Topliss-reactive ketones (excluding diaryl/α,β-unsaturated/α-hetero) is 1. The maximum absolute atomic E-state index is 10.9. The summed E-state index contributed by atoms with van der Waals surface area (Å²) in [6.07, 6.45) is -0.638. The van der Waals surface area contributed by atoms with Crippen LogP contribution in [0.1, 0.15) is 17.3 Å². The number of nitrogens with one attached hydrogen (secondary N) is 1. The summed E-state index contributed by atoms with van der Waals surface area (Å²) < 4.78 is 4.16. The first-order chi connectivity index (χ1) is 6.63. The van der Waals surface area contributed by atoms with Crippen LogP contribution in [-0.2, 0) is 4.74 Å². The number of benzene rings is 1. The van der Waals surface area contributed by atoms with Gasteiger partial charge >= 0.3 is 6.09 Å². The zero-order chi connectivity index (χ0) is 10.6. The van der Waals surface area contributed by atoms with E-state index >= 15 is 0 Å². The first-order valence-electron chi connectivity index (χ1n) is 3.97. The Hall–Kier alpha value is -1.84. The average Bonchev–Trinajstić information content (AvgIpc) is 2.18. The summed E-state index contributed by atoms with van der Waals surface area (Å²) in [5, 5.41) is 2.42. The van der Waals surface area contributed by atoms with Crippen molar-refractivity contribution in [1.29, 1.82) is 0 Å². The second kappa shape index (κ2) is 4.41. The maximum Gasteiger partial charge on any atom is 0.411 e. The van der Waals surface area contributed by atoms with Crippen molar-refractivity contribution in [3.8, 4) is 0 Å². The molecule has 14 heavy (non-hydrogen) atoms. The molecule has 0 saturated carbocycles. The Kier molecular flexibility index (Phi) is 3.23. The van der Waals surface area contributed by atoms with Crippen molar-refractivity contribution in [2.75, 3.05) is 5.32 Å². The van der Waals surface area contributed by atoms with Crippen LogP contribution in [0.2, 0.25) is 0 Å². The van der Waals surface area contributed by atoms with Crippen molar-refractivity contribution in [2.45, 2.75) is 6.92 Å². The minimum atomic E-state index is -0.638. The molecule has 0 aliphatic heterocycles. The molecule has 1 amide bonds. The summed E-state index contributed by atoms with van der Waals surface area (Å²) in [6.45, 7) is 1.48. The van der Waals surface area contributed by atoms with Crippen LogP contribution in [0.3, 0.4) is 0 Å². The minimum Gasteiger partial charge on any atom is -0.446 e. The number of hydrogen-bond acceptors (Lipinski definition) is 3. The second-order valence-corrected chi connectivity index (χ2v) is 2.69. The first-order valence-corrected chi connectivity index (χ1v) is 3.97. The van der Waals surface area contributed by atoms with E-state index in [0.29, 0.717) is 11.3 Å². The topological polar surface area (TPSA) is 55.4 Å². The number of rotatable bonds is 2. The molecule has 1 rings (SSSR count). The molecule has 1 aromatic rings. The second-order valence-electron chi connectivity index (χ2n) is 2.69. The van der Waals surface area contributed by atoms with Gasteiger partial charge in [-0.1, -0.05) is 0 Å². The monoisotopic (exact) mass is 192 g/mol. The molecule has 0 heterocycles. The van der Waals surface area contributed by atoms with Gasteiger partial charge in [-0.25, -0.2) is 4.79 Å². The lowest BCUT2D eigenvalue weighted by Crippen LogP contribution is -2.09. The molecule has 1 radical (unpaired) electrons. The minimum absolute atomic E-state index is 0.0173. The van der Waals surface area contributed by atoms with Gasteiger partial charge in [0.05, 0.1) is 0 Å². The summed E-state index contributed by atoms with van der Waals surface area (Å²) >= 11 is 0. The number of ether oxygens (including phenoxy) is 1. The Bertz CT molecular complexity index is 343. The van der Waals surface area contributed by atoms with Gasteiger partial charge in [0.1, 0.15) is 7.11 Å². The fourth-order valence-corrected chi connectivity index (χ4v) is 0.942. The highest BCUT2D eigenvalue weighted by Gasteiger charge is 2.01. The van der Waals surface area contributed by atoms with E-state index in [-0.39, 0.29) is 5.78 Å². The Labute approximate surface area is 81.9 Å². The lowest BCUT2D eigenvalue weighted by atomic mass is 10.1. The number of ketones is 1. The molecule has 0 saturated heterocycles. The van der Waals surface area contributed by atoms with Crippen LogP contribution < -0.4 is 5.32 Å². The summed E-state index contributed by atoms with van der Waals surface area (Å²) in [6, 6.07) is 6.49. The van der Waals surface area contributed by atoms with Crippen molar-refractivity contribution < 1.29 is 14.3 Å². The van der Waals surface area contributed by atoms with Gasteiger partial charge in [0.2, 0.25) is 0 Å². The normalized spacial score (nSPS) is 9.29. The fraction of sp³-hybridized carbons (Fsp3) is 0.100. The van der Waals surface area contributed by atoms with Crippen LogP contribution in [0.15, 0.2) is 24.3 Å². The number of hydrogen-bond donors (Lipinski definition) is 1. The van der Waals surface area contributed by atoms with Crippen molar-refractivity contribution in [2.24, 2.45) is 0 Å². The predicted molar refractivity (Wildman–Crippen MR) is 51.9 cm³/mol. The molecule has 0 aliphatic carbocycles. The van der Waals surface area contributed by atoms with E-state index in [9.17, 15) is 9.59 Å². The highest BCUT2D eigenvalue weighted by atomic mass is 16.5. The zero-order valence-corrected chi connectivity index (χ0v) is 7.74. The van der Waals surface area contributed by atoms with E-state index in [1.165, 1.54) is 6.92 Å². The number of amides is 1. The predicted octanol–water partition coefficient (Wildman–Crippen LogP) is 2.23. The molecule has 0 spiro atoms. The highest BCUT2D eigenvalue weighted by Crippen LogP contribution is 2.10. The zero-order valence-electron chi connectivity index (χ0n) is 7.74. The van der Waals surface area contributed by atoms with E-state index in [4.69, 9.17) is 0 Å². The lowest BCUT2D eigenvalue weighted by molar-refractivity contribution is 0.101. The van der Waals surface area contributed by atoms with Gasteiger partial charge < -0.3 is 4.74 Å². The Morgan fingerprint density at radius 3 is 2.29 bits per heavy atom. The molecular formula is C10H10NO3. The van der Waals surface area contributed by atoms with Gasteiger partial charge in [-0.2, -0.15) is 0 Å². The summed E-state index contributed by atoms with van der Waals surface area (Å²) in [4.78, 5) is 21.7. The maximum atomic E-state index is 10.9. The Morgan fingerprint density at radius 1 is 1.29 bits per heavy atom. The molecule has 0 aromatic heterocycles. The summed E-state index contributed by atoms with van der Waals surface area (Å²) in [5.74, 6) is -0.0173. The van der Waals surface area contributed by atoms with E-state index in [1.54, 1.807) is 24.3 Å². The summed E-state index contributed by atoms with van der Waals surface area (Å²) in [7, 11) is 2.96. The third-order valence-electron chi connectivity index (χ3n) is 1.67.